The number of nitrogens with zero attached hydrogens (tertiary/aromatic N) is 2. The Labute approximate surface area is 112 Å². The minimum Gasteiger partial charge on any atom is -0.309 e. The van der Waals surface area contributed by atoms with Gasteiger partial charge in [-0.3, -0.25) is 4.68 Å². The monoisotopic (exact) mass is 299 g/mol. The van der Waals surface area contributed by atoms with E-state index in [-0.39, 0.29) is 0 Å². The molecule has 0 bridgehead atoms. The lowest BCUT2D eigenvalue weighted by Crippen LogP contribution is -2.27. The largest absolute Gasteiger partial charge is 0.309 e. The van der Waals surface area contributed by atoms with Crippen molar-refractivity contribution in [1.82, 2.24) is 15.1 Å². The molecule has 3 nitrogen and oxygen atoms in total. The van der Waals surface area contributed by atoms with E-state index in [1.807, 2.05) is 6.20 Å². The van der Waals surface area contributed by atoms with Gasteiger partial charge in [-0.1, -0.05) is 13.8 Å². The minimum absolute atomic E-state index is 0.409. The molecule has 0 spiro atoms. The normalized spacial score (nSPS) is 25.3. The summed E-state index contributed by atoms with van der Waals surface area (Å²) in [5.74, 6) is 1.60. The SMILES string of the molecule is CCNC(c1c(Br)cnn1C(C)C)C1CC1C. The molecule has 1 aromatic rings. The van der Waals surface area contributed by atoms with E-state index in [0.717, 1.165) is 22.9 Å². The van der Waals surface area contributed by atoms with E-state index in [9.17, 15) is 0 Å². The van der Waals surface area contributed by atoms with E-state index in [1.54, 1.807) is 0 Å². The molecule has 0 aromatic carbocycles. The molecule has 4 heteroatoms. The number of halogens is 1. The highest BCUT2D eigenvalue weighted by Gasteiger charge is 2.42. The zero-order valence-electron chi connectivity index (χ0n) is 11.1. The second kappa shape index (κ2) is 5.11. The van der Waals surface area contributed by atoms with Gasteiger partial charge >= 0.3 is 0 Å². The summed E-state index contributed by atoms with van der Waals surface area (Å²) in [7, 11) is 0. The molecule has 2 rings (SSSR count). The van der Waals surface area contributed by atoms with Crippen molar-refractivity contribution in [3.05, 3.63) is 16.4 Å². The lowest BCUT2D eigenvalue weighted by atomic mass is 10.1. The van der Waals surface area contributed by atoms with Crippen LogP contribution in [-0.2, 0) is 0 Å². The molecule has 1 aromatic heterocycles. The number of rotatable bonds is 5. The van der Waals surface area contributed by atoms with Crippen LogP contribution in [0.3, 0.4) is 0 Å². The molecule has 0 amide bonds. The van der Waals surface area contributed by atoms with Gasteiger partial charge in [0.15, 0.2) is 0 Å². The topological polar surface area (TPSA) is 29.9 Å². The molecule has 3 unspecified atom stereocenters. The van der Waals surface area contributed by atoms with Crippen molar-refractivity contribution < 1.29 is 0 Å². The van der Waals surface area contributed by atoms with Gasteiger partial charge < -0.3 is 5.32 Å². The highest BCUT2D eigenvalue weighted by atomic mass is 79.9. The van der Waals surface area contributed by atoms with Crippen molar-refractivity contribution in [2.75, 3.05) is 6.54 Å². The van der Waals surface area contributed by atoms with Gasteiger partial charge in [-0.2, -0.15) is 5.10 Å². The van der Waals surface area contributed by atoms with Crippen LogP contribution in [0.2, 0.25) is 0 Å². The zero-order chi connectivity index (χ0) is 12.6. The van der Waals surface area contributed by atoms with E-state index >= 15 is 0 Å². The Bertz CT molecular complexity index is 386. The fraction of sp³-hybridized carbons (Fsp3) is 0.769. The van der Waals surface area contributed by atoms with Crippen molar-refractivity contribution in [3.63, 3.8) is 0 Å². The van der Waals surface area contributed by atoms with E-state index in [4.69, 9.17) is 0 Å². The maximum Gasteiger partial charge on any atom is 0.0701 e. The molecule has 1 aliphatic carbocycles. The summed E-state index contributed by atoms with van der Waals surface area (Å²) >= 11 is 3.65. The molecule has 1 heterocycles. The zero-order valence-corrected chi connectivity index (χ0v) is 12.7. The first-order valence-corrected chi connectivity index (χ1v) is 7.31. The van der Waals surface area contributed by atoms with Crippen LogP contribution >= 0.6 is 15.9 Å². The molecule has 0 radical (unpaired) electrons. The van der Waals surface area contributed by atoms with Crippen LogP contribution in [0.15, 0.2) is 10.7 Å². The molecular formula is C13H22BrN3. The van der Waals surface area contributed by atoms with Gasteiger partial charge in [0, 0.05) is 6.04 Å². The Hall–Kier alpha value is -0.350. The predicted octanol–water partition coefficient (Wildman–Crippen LogP) is 3.53. The van der Waals surface area contributed by atoms with Gasteiger partial charge in [-0.15, -0.1) is 0 Å². The Morgan fingerprint density at radius 1 is 1.59 bits per heavy atom. The van der Waals surface area contributed by atoms with Crippen molar-refractivity contribution in [2.24, 2.45) is 11.8 Å². The Morgan fingerprint density at radius 3 is 2.71 bits per heavy atom. The lowest BCUT2D eigenvalue weighted by molar-refractivity contribution is 0.410. The molecule has 1 fully saturated rings. The lowest BCUT2D eigenvalue weighted by Gasteiger charge is -2.22. The maximum absolute atomic E-state index is 4.48. The van der Waals surface area contributed by atoms with Gasteiger partial charge in [-0.25, -0.2) is 0 Å². The molecule has 3 atom stereocenters. The Balaban J connectivity index is 2.31. The van der Waals surface area contributed by atoms with E-state index in [0.29, 0.717) is 12.1 Å². The number of hydrogen-bond acceptors (Lipinski definition) is 2. The fourth-order valence-corrected chi connectivity index (χ4v) is 3.06. The van der Waals surface area contributed by atoms with Crippen LogP contribution < -0.4 is 5.32 Å². The second-order valence-electron chi connectivity index (χ2n) is 5.33. The number of nitrogens with one attached hydrogen (secondary N) is 1. The van der Waals surface area contributed by atoms with Gasteiger partial charge in [0.1, 0.15) is 0 Å². The van der Waals surface area contributed by atoms with Crippen LogP contribution in [-0.4, -0.2) is 16.3 Å². The molecule has 1 aliphatic rings. The quantitative estimate of drug-likeness (QED) is 0.901. The summed E-state index contributed by atoms with van der Waals surface area (Å²) in [6.45, 7) is 9.87. The van der Waals surface area contributed by atoms with E-state index in [2.05, 4.69) is 58.7 Å². The van der Waals surface area contributed by atoms with Crippen LogP contribution in [0.4, 0.5) is 0 Å². The average molecular weight is 300 g/mol. The van der Waals surface area contributed by atoms with Gasteiger partial charge in [0.2, 0.25) is 0 Å². The molecule has 0 aliphatic heterocycles. The summed E-state index contributed by atoms with van der Waals surface area (Å²) < 4.78 is 3.28. The summed E-state index contributed by atoms with van der Waals surface area (Å²) in [6, 6.07) is 0.848. The van der Waals surface area contributed by atoms with Crippen LogP contribution in [0.5, 0.6) is 0 Å². The average Bonchev–Trinajstić information content (AvgIpc) is 2.84. The standard InChI is InChI=1S/C13H22BrN3/c1-5-15-12(10-6-9(10)4)13-11(14)7-16-17(13)8(2)3/h7-10,12,15H,5-6H2,1-4H3. The smallest absolute Gasteiger partial charge is 0.0701 e. The summed E-state index contributed by atoms with van der Waals surface area (Å²) in [6.07, 6.45) is 3.25. The van der Waals surface area contributed by atoms with Crippen molar-refractivity contribution in [2.45, 2.75) is 46.2 Å². The molecule has 96 valence electrons. The summed E-state index contributed by atoms with van der Waals surface area (Å²) in [5, 5.41) is 8.11. The minimum atomic E-state index is 0.409. The number of hydrogen-bond donors (Lipinski definition) is 1. The predicted molar refractivity (Wildman–Crippen MR) is 74.0 cm³/mol. The van der Waals surface area contributed by atoms with E-state index < -0.39 is 0 Å². The van der Waals surface area contributed by atoms with E-state index in [1.165, 1.54) is 12.1 Å². The second-order valence-corrected chi connectivity index (χ2v) is 6.18. The Morgan fingerprint density at radius 2 is 2.24 bits per heavy atom. The first-order chi connectivity index (χ1) is 8.06. The van der Waals surface area contributed by atoms with Crippen LogP contribution in [0.25, 0.3) is 0 Å². The first-order valence-electron chi connectivity index (χ1n) is 6.52. The first kappa shape index (κ1) is 13.1. The van der Waals surface area contributed by atoms with Crippen molar-refractivity contribution in [1.29, 1.82) is 0 Å². The molecule has 1 saturated carbocycles. The summed E-state index contributed by atoms with van der Waals surface area (Å²) in [5.41, 5.74) is 1.32. The highest BCUT2D eigenvalue weighted by molar-refractivity contribution is 9.10. The third-order valence-electron chi connectivity index (χ3n) is 3.59. The van der Waals surface area contributed by atoms with Gasteiger partial charge in [0.25, 0.3) is 0 Å². The highest BCUT2D eigenvalue weighted by Crippen LogP contribution is 2.48. The van der Waals surface area contributed by atoms with Crippen LogP contribution in [0, 0.1) is 11.8 Å². The molecule has 17 heavy (non-hydrogen) atoms. The molecular weight excluding hydrogens is 278 g/mol. The fourth-order valence-electron chi connectivity index (χ4n) is 2.54. The Kier molecular flexibility index (Phi) is 3.93. The van der Waals surface area contributed by atoms with Gasteiger partial charge in [-0.05, 0) is 54.6 Å². The third kappa shape index (κ3) is 2.58. The van der Waals surface area contributed by atoms with Crippen molar-refractivity contribution >= 4 is 15.9 Å². The van der Waals surface area contributed by atoms with Gasteiger partial charge in [0.05, 0.1) is 22.4 Å². The molecule has 1 N–H and O–H groups in total. The van der Waals surface area contributed by atoms with Crippen molar-refractivity contribution in [3.8, 4) is 0 Å². The summed E-state index contributed by atoms with van der Waals surface area (Å²) in [4.78, 5) is 0. The van der Waals surface area contributed by atoms with Crippen LogP contribution in [0.1, 0.15) is 51.9 Å². The number of aromatic nitrogens is 2. The molecule has 0 saturated heterocycles. The third-order valence-corrected chi connectivity index (χ3v) is 4.21. The maximum atomic E-state index is 4.48.